The Labute approximate surface area is 153 Å². The minimum absolute atomic E-state index is 0.231. The molecule has 0 radical (unpaired) electrons. The molecule has 2 heterocycles. The SMILES string of the molecule is CCN(c1cccc(C)c1)c1cc(C(=O)NCc2ccncc2)ncn1. The fourth-order valence-electron chi connectivity index (χ4n) is 2.67. The van der Waals surface area contributed by atoms with Gasteiger partial charge in [-0.05, 0) is 49.2 Å². The van der Waals surface area contributed by atoms with E-state index in [4.69, 9.17) is 0 Å². The molecule has 26 heavy (non-hydrogen) atoms. The first-order chi connectivity index (χ1) is 12.7. The van der Waals surface area contributed by atoms with Crippen LogP contribution in [-0.2, 0) is 6.54 Å². The number of carbonyl (C=O) groups excluding carboxylic acids is 1. The summed E-state index contributed by atoms with van der Waals surface area (Å²) in [5.74, 6) is 0.466. The lowest BCUT2D eigenvalue weighted by atomic mass is 10.2. The van der Waals surface area contributed by atoms with Crippen LogP contribution in [0.2, 0.25) is 0 Å². The molecule has 0 saturated carbocycles. The molecule has 0 atom stereocenters. The summed E-state index contributed by atoms with van der Waals surface area (Å²) < 4.78 is 0. The lowest BCUT2D eigenvalue weighted by Gasteiger charge is -2.22. The summed E-state index contributed by atoms with van der Waals surface area (Å²) in [5, 5.41) is 2.87. The number of amides is 1. The highest BCUT2D eigenvalue weighted by atomic mass is 16.1. The Morgan fingerprint density at radius 3 is 2.65 bits per heavy atom. The Hall–Kier alpha value is -3.28. The van der Waals surface area contributed by atoms with E-state index in [0.717, 1.165) is 17.8 Å². The van der Waals surface area contributed by atoms with E-state index >= 15 is 0 Å². The molecule has 3 rings (SSSR count). The van der Waals surface area contributed by atoms with Crippen LogP contribution in [0, 0.1) is 6.92 Å². The summed E-state index contributed by atoms with van der Waals surface area (Å²) in [6.07, 6.45) is 4.83. The minimum atomic E-state index is -0.231. The molecule has 6 nitrogen and oxygen atoms in total. The van der Waals surface area contributed by atoms with Crippen molar-refractivity contribution >= 4 is 17.4 Å². The smallest absolute Gasteiger partial charge is 0.270 e. The molecule has 0 bridgehead atoms. The summed E-state index contributed by atoms with van der Waals surface area (Å²) in [5.41, 5.74) is 3.53. The number of aromatic nitrogens is 3. The van der Waals surface area contributed by atoms with Crippen molar-refractivity contribution in [2.75, 3.05) is 11.4 Å². The van der Waals surface area contributed by atoms with Gasteiger partial charge < -0.3 is 10.2 Å². The molecule has 0 saturated heterocycles. The van der Waals surface area contributed by atoms with Crippen molar-refractivity contribution in [1.29, 1.82) is 0 Å². The number of nitrogens with one attached hydrogen (secondary N) is 1. The first kappa shape index (κ1) is 17.5. The fourth-order valence-corrected chi connectivity index (χ4v) is 2.67. The van der Waals surface area contributed by atoms with Gasteiger partial charge in [0.05, 0.1) is 0 Å². The molecule has 0 unspecified atom stereocenters. The van der Waals surface area contributed by atoms with Crippen LogP contribution in [0.1, 0.15) is 28.5 Å². The molecule has 1 amide bonds. The van der Waals surface area contributed by atoms with Gasteiger partial charge in [-0.1, -0.05) is 12.1 Å². The third kappa shape index (κ3) is 4.22. The predicted molar refractivity (Wildman–Crippen MR) is 101 cm³/mol. The summed E-state index contributed by atoms with van der Waals surface area (Å²) in [4.78, 5) is 26.9. The molecule has 132 valence electrons. The van der Waals surface area contributed by atoms with Crippen molar-refractivity contribution in [3.8, 4) is 0 Å². The number of carbonyl (C=O) groups is 1. The zero-order valence-corrected chi connectivity index (χ0v) is 14.9. The summed E-state index contributed by atoms with van der Waals surface area (Å²) in [7, 11) is 0. The Morgan fingerprint density at radius 2 is 1.92 bits per heavy atom. The number of nitrogens with zero attached hydrogens (tertiary/aromatic N) is 4. The number of anilines is 2. The van der Waals surface area contributed by atoms with Crippen LogP contribution >= 0.6 is 0 Å². The van der Waals surface area contributed by atoms with Crippen molar-refractivity contribution in [3.05, 3.63) is 78.0 Å². The maximum absolute atomic E-state index is 12.4. The van der Waals surface area contributed by atoms with Gasteiger partial charge in [-0.15, -0.1) is 0 Å². The molecule has 0 fully saturated rings. The van der Waals surface area contributed by atoms with E-state index in [1.807, 2.05) is 36.1 Å². The van der Waals surface area contributed by atoms with Gasteiger partial charge >= 0.3 is 0 Å². The highest BCUT2D eigenvalue weighted by molar-refractivity contribution is 5.93. The predicted octanol–water partition coefficient (Wildman–Crippen LogP) is 3.27. The summed E-state index contributed by atoms with van der Waals surface area (Å²) >= 11 is 0. The van der Waals surface area contributed by atoms with E-state index in [9.17, 15) is 4.79 Å². The van der Waals surface area contributed by atoms with Crippen LogP contribution in [0.3, 0.4) is 0 Å². The van der Waals surface area contributed by atoms with E-state index in [2.05, 4.69) is 39.3 Å². The molecule has 0 aliphatic rings. The summed E-state index contributed by atoms with van der Waals surface area (Å²) in [6.45, 7) is 5.26. The second kappa shape index (κ2) is 8.20. The largest absolute Gasteiger partial charge is 0.347 e. The molecule has 6 heteroatoms. The van der Waals surface area contributed by atoms with Gasteiger partial charge in [0, 0.05) is 37.2 Å². The molecule has 1 aromatic carbocycles. The van der Waals surface area contributed by atoms with Crippen molar-refractivity contribution in [2.45, 2.75) is 20.4 Å². The number of hydrogen-bond donors (Lipinski definition) is 1. The normalized spacial score (nSPS) is 10.4. The highest BCUT2D eigenvalue weighted by Crippen LogP contribution is 2.24. The Kier molecular flexibility index (Phi) is 5.53. The number of benzene rings is 1. The zero-order chi connectivity index (χ0) is 18.4. The van der Waals surface area contributed by atoms with E-state index in [0.29, 0.717) is 18.1 Å². The van der Waals surface area contributed by atoms with Crippen LogP contribution in [0.25, 0.3) is 0 Å². The van der Waals surface area contributed by atoms with E-state index in [1.165, 1.54) is 11.9 Å². The second-order valence-corrected chi connectivity index (χ2v) is 5.88. The number of aryl methyl sites for hydroxylation is 1. The molecule has 3 aromatic rings. The number of hydrogen-bond acceptors (Lipinski definition) is 5. The lowest BCUT2D eigenvalue weighted by molar-refractivity contribution is 0.0945. The van der Waals surface area contributed by atoms with Gasteiger partial charge in [0.2, 0.25) is 0 Å². The maximum Gasteiger partial charge on any atom is 0.270 e. The van der Waals surface area contributed by atoms with Crippen molar-refractivity contribution in [3.63, 3.8) is 0 Å². The van der Waals surface area contributed by atoms with Crippen molar-refractivity contribution < 1.29 is 4.79 Å². The van der Waals surface area contributed by atoms with Crippen LogP contribution in [0.5, 0.6) is 0 Å². The Bertz CT molecular complexity index is 882. The standard InChI is InChI=1S/C20H21N5O/c1-3-25(17-6-4-5-15(2)11-17)19-12-18(23-14-24-19)20(26)22-13-16-7-9-21-10-8-16/h4-12,14H,3,13H2,1-2H3,(H,22,26). The Morgan fingerprint density at radius 1 is 1.12 bits per heavy atom. The van der Waals surface area contributed by atoms with Crippen LogP contribution in [0.15, 0.2) is 61.2 Å². The quantitative estimate of drug-likeness (QED) is 0.741. The first-order valence-electron chi connectivity index (χ1n) is 8.50. The molecule has 2 aromatic heterocycles. The molecular weight excluding hydrogens is 326 g/mol. The molecule has 0 spiro atoms. The number of rotatable bonds is 6. The van der Waals surface area contributed by atoms with Crippen LogP contribution < -0.4 is 10.2 Å². The van der Waals surface area contributed by atoms with Crippen LogP contribution in [0.4, 0.5) is 11.5 Å². The monoisotopic (exact) mass is 347 g/mol. The average Bonchev–Trinajstić information content (AvgIpc) is 2.68. The van der Waals surface area contributed by atoms with Gasteiger partial charge in [-0.25, -0.2) is 9.97 Å². The second-order valence-electron chi connectivity index (χ2n) is 5.88. The van der Waals surface area contributed by atoms with Gasteiger partial charge in [0.1, 0.15) is 17.8 Å². The topological polar surface area (TPSA) is 71.0 Å². The first-order valence-corrected chi connectivity index (χ1v) is 8.50. The van der Waals surface area contributed by atoms with E-state index < -0.39 is 0 Å². The Balaban J connectivity index is 1.77. The van der Waals surface area contributed by atoms with Gasteiger partial charge in [-0.3, -0.25) is 9.78 Å². The van der Waals surface area contributed by atoms with Gasteiger partial charge in [-0.2, -0.15) is 0 Å². The third-order valence-electron chi connectivity index (χ3n) is 3.99. The molecule has 0 aliphatic heterocycles. The van der Waals surface area contributed by atoms with E-state index in [1.54, 1.807) is 18.5 Å². The average molecular weight is 347 g/mol. The summed E-state index contributed by atoms with van der Waals surface area (Å²) in [6, 6.07) is 13.6. The fraction of sp³-hybridized carbons (Fsp3) is 0.200. The minimum Gasteiger partial charge on any atom is -0.347 e. The number of pyridine rings is 1. The van der Waals surface area contributed by atoms with E-state index in [-0.39, 0.29) is 5.91 Å². The molecule has 0 aliphatic carbocycles. The zero-order valence-electron chi connectivity index (χ0n) is 14.9. The lowest BCUT2D eigenvalue weighted by Crippen LogP contribution is -2.25. The van der Waals surface area contributed by atoms with Crippen LogP contribution in [-0.4, -0.2) is 27.4 Å². The maximum atomic E-state index is 12.4. The highest BCUT2D eigenvalue weighted by Gasteiger charge is 2.13. The van der Waals surface area contributed by atoms with Crippen molar-refractivity contribution in [2.24, 2.45) is 0 Å². The molecule has 1 N–H and O–H groups in total. The third-order valence-corrected chi connectivity index (χ3v) is 3.99. The van der Waals surface area contributed by atoms with Crippen molar-refractivity contribution in [1.82, 2.24) is 20.3 Å². The van der Waals surface area contributed by atoms with Gasteiger partial charge in [0.25, 0.3) is 5.91 Å². The van der Waals surface area contributed by atoms with Gasteiger partial charge in [0.15, 0.2) is 0 Å². The molecular formula is C20H21N5O.